The number of carbonyl (C=O) groups excluding carboxylic acids is 1. The highest BCUT2D eigenvalue weighted by Gasteiger charge is 2.24. The number of sulfonamides is 1. The molecule has 2 aromatic carbocycles. The summed E-state index contributed by atoms with van der Waals surface area (Å²) < 4.78 is 64.5. The number of fused-ring (bicyclic) bond motifs is 1. The summed E-state index contributed by atoms with van der Waals surface area (Å²) in [5.74, 6) is -1.08. The quantitative estimate of drug-likeness (QED) is 0.373. The van der Waals surface area contributed by atoms with E-state index in [2.05, 4.69) is 8.91 Å². The van der Waals surface area contributed by atoms with Gasteiger partial charge in [0.25, 0.3) is 10.0 Å². The Morgan fingerprint density at radius 3 is 2.44 bits per heavy atom. The first kappa shape index (κ1) is 22.1. The van der Waals surface area contributed by atoms with E-state index in [1.165, 1.54) is 30.3 Å². The highest BCUT2D eigenvalue weighted by atomic mass is 35.5. The molecule has 0 bridgehead atoms. The molecule has 4 aromatic rings. The van der Waals surface area contributed by atoms with Crippen LogP contribution in [-0.4, -0.2) is 22.8 Å². The molecular formula is C19H13ClN2O7S3. The van der Waals surface area contributed by atoms with Crippen molar-refractivity contribution in [3.05, 3.63) is 75.9 Å². The van der Waals surface area contributed by atoms with Crippen molar-refractivity contribution < 1.29 is 30.2 Å². The first-order valence-electron chi connectivity index (χ1n) is 8.74. The summed E-state index contributed by atoms with van der Waals surface area (Å²) in [6.45, 7) is 0. The van der Waals surface area contributed by atoms with E-state index in [9.17, 15) is 21.6 Å². The molecule has 9 nitrogen and oxygen atoms in total. The van der Waals surface area contributed by atoms with Crippen molar-refractivity contribution >= 4 is 71.6 Å². The Morgan fingerprint density at radius 1 is 0.938 bits per heavy atom. The van der Waals surface area contributed by atoms with E-state index in [0.29, 0.717) is 11.0 Å². The van der Waals surface area contributed by atoms with Crippen molar-refractivity contribution in [2.75, 3.05) is 9.44 Å². The van der Waals surface area contributed by atoms with Crippen LogP contribution in [-0.2, 0) is 24.5 Å². The molecule has 0 spiro atoms. The Kier molecular flexibility index (Phi) is 5.86. The van der Waals surface area contributed by atoms with Crippen LogP contribution in [0.1, 0.15) is 9.67 Å². The van der Waals surface area contributed by atoms with Crippen LogP contribution in [0.5, 0.6) is 0 Å². The van der Waals surface area contributed by atoms with Crippen LogP contribution in [0.25, 0.3) is 11.0 Å². The number of para-hydroxylation sites is 1. The molecule has 0 radical (unpaired) electrons. The zero-order valence-corrected chi connectivity index (χ0v) is 19.0. The summed E-state index contributed by atoms with van der Waals surface area (Å²) >= 11 is 6.96. The van der Waals surface area contributed by atoms with E-state index in [-0.39, 0.29) is 26.4 Å². The smallest absolute Gasteiger partial charge is 0.410 e. The normalized spacial score (nSPS) is 11.9. The Morgan fingerprint density at radius 2 is 1.72 bits per heavy atom. The van der Waals surface area contributed by atoms with Crippen molar-refractivity contribution in [2.24, 2.45) is 0 Å². The van der Waals surface area contributed by atoms with Gasteiger partial charge < -0.3 is 8.60 Å². The SMILES string of the molecule is O=C(OS(=O)(=O)Nc1ccc(Cl)cc1NS(=O)(=O)c1cc2ccccc2o1)c1cccs1. The van der Waals surface area contributed by atoms with E-state index < -0.39 is 26.3 Å². The number of nitrogens with one attached hydrogen (secondary N) is 2. The predicted octanol–water partition coefficient (Wildman–Crippen LogP) is 4.46. The lowest BCUT2D eigenvalue weighted by Crippen LogP contribution is -2.21. The molecule has 13 heteroatoms. The van der Waals surface area contributed by atoms with E-state index >= 15 is 0 Å². The molecule has 0 unspecified atom stereocenters. The largest absolute Gasteiger partial charge is 0.443 e. The maximum absolute atomic E-state index is 12.8. The third kappa shape index (κ3) is 4.88. The number of furan rings is 1. The van der Waals surface area contributed by atoms with Crippen LogP contribution >= 0.6 is 22.9 Å². The number of hydrogen-bond donors (Lipinski definition) is 2. The Labute approximate surface area is 191 Å². The fraction of sp³-hybridized carbons (Fsp3) is 0. The number of anilines is 2. The van der Waals surface area contributed by atoms with Gasteiger partial charge in [0, 0.05) is 16.5 Å². The number of thiophene rings is 1. The minimum Gasteiger partial charge on any atom is -0.443 e. The van der Waals surface area contributed by atoms with Gasteiger partial charge in [-0.15, -0.1) is 11.3 Å². The van der Waals surface area contributed by atoms with Crippen LogP contribution in [0, 0.1) is 0 Å². The monoisotopic (exact) mass is 512 g/mol. The topological polar surface area (TPSA) is 132 Å². The van der Waals surface area contributed by atoms with Gasteiger partial charge in [0.05, 0.1) is 11.4 Å². The fourth-order valence-electron chi connectivity index (χ4n) is 2.67. The molecular weight excluding hydrogens is 500 g/mol. The van der Waals surface area contributed by atoms with Crippen LogP contribution in [0.2, 0.25) is 5.02 Å². The van der Waals surface area contributed by atoms with E-state index in [1.54, 1.807) is 35.7 Å². The van der Waals surface area contributed by atoms with Gasteiger partial charge >= 0.3 is 16.3 Å². The second kappa shape index (κ2) is 8.47. The molecule has 0 fully saturated rings. The molecule has 2 N–H and O–H groups in total. The first-order valence-corrected chi connectivity index (χ1v) is 12.9. The standard InChI is InChI=1S/C19H13ClN2O7S3/c20-13-7-8-14(22-32(26,27)29-19(23)17-6-3-9-30-17)15(11-13)21-31(24,25)18-10-12-4-1-2-5-16(12)28-18/h1-11,21-22H. The molecule has 0 aliphatic carbocycles. The fourth-order valence-corrected chi connectivity index (χ4v) is 5.31. The maximum Gasteiger partial charge on any atom is 0.410 e. The van der Waals surface area contributed by atoms with Gasteiger partial charge in [-0.05, 0) is 35.7 Å². The van der Waals surface area contributed by atoms with Crippen molar-refractivity contribution in [2.45, 2.75) is 5.09 Å². The molecule has 2 heterocycles. The van der Waals surface area contributed by atoms with Crippen molar-refractivity contribution in [3.8, 4) is 0 Å². The average molecular weight is 513 g/mol. The van der Waals surface area contributed by atoms with Gasteiger partial charge in [-0.25, -0.2) is 9.52 Å². The highest BCUT2D eigenvalue weighted by Crippen LogP contribution is 2.31. The number of rotatable bonds is 7. The summed E-state index contributed by atoms with van der Waals surface area (Å²) in [5, 5.41) is 1.91. The lowest BCUT2D eigenvalue weighted by molar-refractivity contribution is 0.0753. The Balaban J connectivity index is 1.61. The number of hydrogen-bond acceptors (Lipinski definition) is 8. The lowest BCUT2D eigenvalue weighted by atomic mass is 10.3. The van der Waals surface area contributed by atoms with Crippen LogP contribution in [0.15, 0.2) is 75.6 Å². The zero-order valence-electron chi connectivity index (χ0n) is 15.8. The van der Waals surface area contributed by atoms with Gasteiger partial charge in [0.2, 0.25) is 5.09 Å². The van der Waals surface area contributed by atoms with E-state index in [4.69, 9.17) is 16.0 Å². The zero-order chi connectivity index (χ0) is 22.9. The van der Waals surface area contributed by atoms with Gasteiger partial charge in [-0.1, -0.05) is 35.9 Å². The first-order chi connectivity index (χ1) is 15.1. The van der Waals surface area contributed by atoms with E-state index in [0.717, 1.165) is 11.3 Å². The second-order valence-electron chi connectivity index (χ2n) is 6.30. The minimum absolute atomic E-state index is 0.0808. The third-order valence-corrected chi connectivity index (χ3v) is 7.18. The third-order valence-electron chi connectivity index (χ3n) is 4.04. The summed E-state index contributed by atoms with van der Waals surface area (Å²) in [5.41, 5.74) is -0.0536. The van der Waals surface area contributed by atoms with Crippen molar-refractivity contribution in [3.63, 3.8) is 0 Å². The Hall–Kier alpha value is -3.06. The molecule has 32 heavy (non-hydrogen) atoms. The van der Waals surface area contributed by atoms with Crippen molar-refractivity contribution in [1.29, 1.82) is 0 Å². The number of benzene rings is 2. The van der Waals surface area contributed by atoms with Crippen LogP contribution in [0.4, 0.5) is 11.4 Å². The molecule has 0 atom stereocenters. The number of carbonyl (C=O) groups is 1. The molecule has 0 aliphatic rings. The molecule has 2 aromatic heterocycles. The van der Waals surface area contributed by atoms with E-state index in [1.807, 2.05) is 4.72 Å². The molecule has 4 rings (SSSR count). The molecule has 166 valence electrons. The Bertz CT molecular complexity index is 1480. The summed E-state index contributed by atoms with van der Waals surface area (Å²) in [4.78, 5) is 12.1. The highest BCUT2D eigenvalue weighted by molar-refractivity contribution is 7.92. The maximum atomic E-state index is 12.8. The molecule has 0 saturated heterocycles. The second-order valence-corrected chi connectivity index (χ2v) is 10.6. The van der Waals surface area contributed by atoms with Gasteiger partial charge in [-0.2, -0.15) is 16.8 Å². The summed E-state index contributed by atoms with van der Waals surface area (Å²) in [6, 6.07) is 14.7. The molecule has 0 saturated carbocycles. The average Bonchev–Trinajstić information content (AvgIpc) is 3.39. The number of halogens is 1. The van der Waals surface area contributed by atoms with Crippen LogP contribution < -0.4 is 9.44 Å². The minimum atomic E-state index is -4.63. The van der Waals surface area contributed by atoms with Gasteiger partial charge in [0.1, 0.15) is 10.5 Å². The molecule has 0 aliphatic heterocycles. The van der Waals surface area contributed by atoms with Gasteiger partial charge in [-0.3, -0.25) is 4.72 Å². The lowest BCUT2D eigenvalue weighted by Gasteiger charge is -2.13. The predicted molar refractivity (Wildman–Crippen MR) is 121 cm³/mol. The molecule has 0 amide bonds. The van der Waals surface area contributed by atoms with Crippen molar-refractivity contribution in [1.82, 2.24) is 0 Å². The summed E-state index contributed by atoms with van der Waals surface area (Å²) in [7, 11) is -8.87. The van der Waals surface area contributed by atoms with Gasteiger partial charge in [0.15, 0.2) is 0 Å². The summed E-state index contributed by atoms with van der Waals surface area (Å²) in [6.07, 6.45) is 0. The van der Waals surface area contributed by atoms with Crippen LogP contribution in [0.3, 0.4) is 0 Å².